The van der Waals surface area contributed by atoms with E-state index < -0.39 is 6.10 Å². The molecule has 1 aromatic rings. The number of hydrogen-bond acceptors (Lipinski definition) is 3. The van der Waals surface area contributed by atoms with E-state index in [-0.39, 0.29) is 12.6 Å². The minimum atomic E-state index is -0.555. The van der Waals surface area contributed by atoms with Crippen LogP contribution in [0.2, 0.25) is 5.02 Å². The number of nitrogens with zero attached hydrogens (tertiary/aromatic N) is 1. The van der Waals surface area contributed by atoms with Gasteiger partial charge in [0.15, 0.2) is 0 Å². The van der Waals surface area contributed by atoms with E-state index in [1.807, 2.05) is 0 Å². The number of rotatable bonds is 5. The highest BCUT2D eigenvalue weighted by Gasteiger charge is 2.11. The maximum atomic E-state index is 11.8. The first-order valence-corrected chi connectivity index (χ1v) is 6.31. The molecule has 0 bridgehead atoms. The zero-order valence-electron chi connectivity index (χ0n) is 11.3. The topological polar surface area (TPSA) is 61.8 Å². The van der Waals surface area contributed by atoms with E-state index in [1.165, 1.54) is 4.90 Å². The summed E-state index contributed by atoms with van der Waals surface area (Å²) in [6, 6.07) is 4.99. The van der Waals surface area contributed by atoms with Crippen LogP contribution >= 0.6 is 11.6 Å². The molecule has 106 valence electrons. The summed E-state index contributed by atoms with van der Waals surface area (Å²) in [5, 5.41) is 12.5. The fourth-order valence-corrected chi connectivity index (χ4v) is 1.81. The summed E-state index contributed by atoms with van der Waals surface area (Å²) in [4.78, 5) is 13.2. The van der Waals surface area contributed by atoms with Crippen molar-refractivity contribution < 1.29 is 14.6 Å². The monoisotopic (exact) mass is 286 g/mol. The molecule has 0 heterocycles. The molecule has 0 radical (unpaired) electrons. The van der Waals surface area contributed by atoms with Crippen LogP contribution in [-0.2, 0) is 6.54 Å². The lowest BCUT2D eigenvalue weighted by molar-refractivity contribution is 0.143. The first kappa shape index (κ1) is 15.6. The zero-order valence-corrected chi connectivity index (χ0v) is 12.1. The standard InChI is InChI=1S/C13H19ClN2O3/c1-9(17)8-16(2)13(18)15-7-10-4-5-11(14)6-12(10)19-3/h4-6,9,17H,7-8H2,1-3H3,(H,15,18). The van der Waals surface area contributed by atoms with Gasteiger partial charge in [0.1, 0.15) is 5.75 Å². The van der Waals surface area contributed by atoms with Gasteiger partial charge in [0.2, 0.25) is 0 Å². The molecule has 0 aliphatic carbocycles. The molecule has 2 N–H and O–H groups in total. The number of ether oxygens (including phenoxy) is 1. The third-order valence-corrected chi connectivity index (χ3v) is 2.80. The predicted molar refractivity (Wildman–Crippen MR) is 74.6 cm³/mol. The number of nitrogens with one attached hydrogen (secondary N) is 1. The Morgan fingerprint density at radius 1 is 1.58 bits per heavy atom. The van der Waals surface area contributed by atoms with Crippen LogP contribution in [0.3, 0.4) is 0 Å². The fourth-order valence-electron chi connectivity index (χ4n) is 1.65. The molecule has 0 aliphatic rings. The Balaban J connectivity index is 2.59. The number of likely N-dealkylation sites (N-methyl/N-ethyl adjacent to an activating group) is 1. The number of aliphatic hydroxyl groups is 1. The van der Waals surface area contributed by atoms with Crippen molar-refractivity contribution in [3.63, 3.8) is 0 Å². The number of benzene rings is 1. The van der Waals surface area contributed by atoms with Gasteiger partial charge in [-0.2, -0.15) is 0 Å². The highest BCUT2D eigenvalue weighted by Crippen LogP contribution is 2.22. The second kappa shape index (κ2) is 7.21. The lowest BCUT2D eigenvalue weighted by Crippen LogP contribution is -2.40. The summed E-state index contributed by atoms with van der Waals surface area (Å²) < 4.78 is 5.19. The van der Waals surface area contributed by atoms with Crippen LogP contribution in [0.5, 0.6) is 5.75 Å². The van der Waals surface area contributed by atoms with E-state index in [2.05, 4.69) is 5.32 Å². The summed E-state index contributed by atoms with van der Waals surface area (Å²) in [5.41, 5.74) is 0.839. The van der Waals surface area contributed by atoms with E-state index in [1.54, 1.807) is 39.3 Å². The van der Waals surface area contributed by atoms with Crippen molar-refractivity contribution in [1.29, 1.82) is 0 Å². The van der Waals surface area contributed by atoms with Gasteiger partial charge in [-0.25, -0.2) is 4.79 Å². The Morgan fingerprint density at radius 3 is 2.84 bits per heavy atom. The second-order valence-corrected chi connectivity index (χ2v) is 4.78. The molecule has 0 aliphatic heterocycles. The van der Waals surface area contributed by atoms with Gasteiger partial charge in [-0.15, -0.1) is 0 Å². The number of amides is 2. The smallest absolute Gasteiger partial charge is 0.317 e. The molecule has 0 saturated carbocycles. The first-order chi connectivity index (χ1) is 8.93. The van der Waals surface area contributed by atoms with E-state index in [4.69, 9.17) is 16.3 Å². The Labute approximate surface area is 118 Å². The minimum Gasteiger partial charge on any atom is -0.496 e. The molecule has 0 saturated heterocycles. The maximum absolute atomic E-state index is 11.8. The summed E-state index contributed by atoms with van der Waals surface area (Å²) in [5.74, 6) is 0.631. The maximum Gasteiger partial charge on any atom is 0.317 e. The van der Waals surface area contributed by atoms with E-state index in [0.29, 0.717) is 17.3 Å². The minimum absolute atomic E-state index is 0.252. The van der Waals surface area contributed by atoms with Crippen LogP contribution in [0.4, 0.5) is 4.79 Å². The van der Waals surface area contributed by atoms with E-state index in [9.17, 15) is 9.90 Å². The average Bonchev–Trinajstić information content (AvgIpc) is 2.35. The van der Waals surface area contributed by atoms with Crippen molar-refractivity contribution in [2.24, 2.45) is 0 Å². The number of carbonyl (C=O) groups is 1. The third-order valence-electron chi connectivity index (χ3n) is 2.56. The molecule has 0 fully saturated rings. The first-order valence-electron chi connectivity index (χ1n) is 5.93. The quantitative estimate of drug-likeness (QED) is 0.869. The molecule has 0 spiro atoms. The summed E-state index contributed by atoms with van der Waals surface area (Å²) >= 11 is 5.86. The summed E-state index contributed by atoms with van der Waals surface area (Å²) in [7, 11) is 3.18. The van der Waals surface area contributed by atoms with Crippen LogP contribution in [-0.4, -0.2) is 42.8 Å². The van der Waals surface area contributed by atoms with Gasteiger partial charge in [0, 0.05) is 30.7 Å². The van der Waals surface area contributed by atoms with Crippen molar-refractivity contribution in [3.8, 4) is 5.75 Å². The number of urea groups is 1. The molecule has 19 heavy (non-hydrogen) atoms. The second-order valence-electron chi connectivity index (χ2n) is 4.34. The van der Waals surface area contributed by atoms with E-state index >= 15 is 0 Å². The Morgan fingerprint density at radius 2 is 2.26 bits per heavy atom. The van der Waals surface area contributed by atoms with Crippen molar-refractivity contribution in [3.05, 3.63) is 28.8 Å². The largest absolute Gasteiger partial charge is 0.496 e. The molecule has 0 aromatic heterocycles. The van der Waals surface area contributed by atoms with Crippen molar-refractivity contribution >= 4 is 17.6 Å². The summed E-state index contributed by atoms with van der Waals surface area (Å²) in [6.07, 6.45) is -0.555. The zero-order chi connectivity index (χ0) is 14.4. The van der Waals surface area contributed by atoms with Crippen LogP contribution in [0.25, 0.3) is 0 Å². The molecule has 1 unspecified atom stereocenters. The number of halogens is 1. The van der Waals surface area contributed by atoms with Crippen LogP contribution in [0.15, 0.2) is 18.2 Å². The van der Waals surface area contributed by atoms with Gasteiger partial charge in [-0.05, 0) is 19.1 Å². The van der Waals surface area contributed by atoms with Crippen LogP contribution < -0.4 is 10.1 Å². The molecular weight excluding hydrogens is 268 g/mol. The lowest BCUT2D eigenvalue weighted by atomic mass is 10.2. The van der Waals surface area contributed by atoms with Crippen molar-refractivity contribution in [2.45, 2.75) is 19.6 Å². The third kappa shape index (κ3) is 4.96. The highest BCUT2D eigenvalue weighted by molar-refractivity contribution is 6.30. The molecule has 5 nitrogen and oxygen atoms in total. The highest BCUT2D eigenvalue weighted by atomic mass is 35.5. The lowest BCUT2D eigenvalue weighted by Gasteiger charge is -2.19. The molecule has 1 aromatic carbocycles. The van der Waals surface area contributed by atoms with E-state index in [0.717, 1.165) is 5.56 Å². The van der Waals surface area contributed by atoms with Gasteiger partial charge >= 0.3 is 6.03 Å². The molecule has 6 heteroatoms. The summed E-state index contributed by atoms with van der Waals surface area (Å²) in [6.45, 7) is 2.25. The molecule has 1 atom stereocenters. The van der Waals surface area contributed by atoms with Crippen molar-refractivity contribution in [1.82, 2.24) is 10.2 Å². The Hall–Kier alpha value is -1.46. The fraction of sp³-hybridized carbons (Fsp3) is 0.462. The average molecular weight is 287 g/mol. The van der Waals surface area contributed by atoms with Gasteiger partial charge in [0.05, 0.1) is 13.2 Å². The molecular formula is C13H19ClN2O3. The SMILES string of the molecule is COc1cc(Cl)ccc1CNC(=O)N(C)CC(C)O. The Bertz CT molecular complexity index is 438. The molecule has 2 amide bonds. The van der Waals surface area contributed by atoms with Crippen molar-refractivity contribution in [2.75, 3.05) is 20.7 Å². The number of aliphatic hydroxyl groups excluding tert-OH is 1. The van der Waals surface area contributed by atoms with Gasteiger partial charge in [-0.1, -0.05) is 17.7 Å². The predicted octanol–water partition coefficient (Wildman–Crippen LogP) is 1.87. The van der Waals surface area contributed by atoms with Crippen LogP contribution in [0, 0.1) is 0 Å². The van der Waals surface area contributed by atoms with Gasteiger partial charge in [-0.3, -0.25) is 0 Å². The molecule has 1 rings (SSSR count). The Kier molecular flexibility index (Phi) is 5.92. The normalized spacial score (nSPS) is 11.8. The van der Waals surface area contributed by atoms with Crippen LogP contribution in [0.1, 0.15) is 12.5 Å². The van der Waals surface area contributed by atoms with Gasteiger partial charge in [0.25, 0.3) is 0 Å². The number of methoxy groups -OCH3 is 1. The number of carbonyl (C=O) groups excluding carboxylic acids is 1. The number of hydrogen-bond donors (Lipinski definition) is 2. The van der Waals surface area contributed by atoms with Gasteiger partial charge < -0.3 is 20.1 Å².